The van der Waals surface area contributed by atoms with Crippen molar-refractivity contribution in [2.45, 2.75) is 53.4 Å². The second-order valence-electron chi connectivity index (χ2n) is 8.17. The number of carbonyl (C=O) groups is 3. The number of aromatic amines is 2. The summed E-state index contributed by atoms with van der Waals surface area (Å²) in [6.07, 6.45) is 3.33. The third-order valence-electron chi connectivity index (χ3n) is 5.75. The lowest BCUT2D eigenvalue weighted by Gasteiger charge is -2.07. The number of carboxylic acids is 2. The Kier molecular flexibility index (Phi) is 9.39. The first-order valence-electron chi connectivity index (χ1n) is 11.7. The summed E-state index contributed by atoms with van der Waals surface area (Å²) in [5, 5.41) is 19.2. The van der Waals surface area contributed by atoms with Gasteiger partial charge in [-0.3, -0.25) is 4.79 Å². The highest BCUT2D eigenvalue weighted by Gasteiger charge is 2.23. The molecule has 0 fully saturated rings. The van der Waals surface area contributed by atoms with E-state index in [1.165, 1.54) is 4.90 Å². The first-order valence-corrected chi connectivity index (χ1v) is 11.7. The number of aromatic nitrogens is 3. The smallest absolute Gasteiger partial charge is 0.352 e. The highest BCUT2D eigenvalue weighted by molar-refractivity contribution is 5.91. The maximum Gasteiger partial charge on any atom is 0.352 e. The molecule has 3 aromatic rings. The topological polar surface area (TPSA) is 139 Å². The van der Waals surface area contributed by atoms with Crippen LogP contribution in [0, 0.1) is 0 Å². The van der Waals surface area contributed by atoms with Crippen molar-refractivity contribution in [3.8, 4) is 22.8 Å². The summed E-state index contributed by atoms with van der Waals surface area (Å²) in [6.45, 7) is 7.87. The molecule has 188 valence electrons. The number of carboxylic acid groups (broad SMARTS) is 2. The molecule has 3 heterocycles. The van der Waals surface area contributed by atoms with Crippen LogP contribution in [0.5, 0.6) is 0 Å². The third-order valence-corrected chi connectivity index (χ3v) is 5.75. The van der Waals surface area contributed by atoms with Crippen molar-refractivity contribution in [3.63, 3.8) is 0 Å². The van der Waals surface area contributed by atoms with Crippen molar-refractivity contribution >= 4 is 18.3 Å². The lowest BCUT2D eigenvalue weighted by Crippen LogP contribution is -2.06. The Morgan fingerprint density at radius 3 is 1.40 bits per heavy atom. The second-order valence-corrected chi connectivity index (χ2v) is 8.17. The van der Waals surface area contributed by atoms with E-state index in [4.69, 9.17) is 4.98 Å². The molecular formula is C26H34N4O5. The quantitative estimate of drug-likeness (QED) is 0.333. The molecule has 0 bridgehead atoms. The van der Waals surface area contributed by atoms with E-state index < -0.39 is 11.9 Å². The van der Waals surface area contributed by atoms with Gasteiger partial charge in [-0.2, -0.15) is 0 Å². The number of nitrogens with one attached hydrogen (secondary N) is 2. The minimum Gasteiger partial charge on any atom is -0.477 e. The summed E-state index contributed by atoms with van der Waals surface area (Å²) in [5.41, 5.74) is 6.56. The van der Waals surface area contributed by atoms with Crippen LogP contribution < -0.4 is 0 Å². The summed E-state index contributed by atoms with van der Waals surface area (Å²) >= 11 is 0. The first kappa shape index (κ1) is 27.4. The van der Waals surface area contributed by atoms with E-state index in [1.54, 1.807) is 14.1 Å². The average molecular weight is 483 g/mol. The van der Waals surface area contributed by atoms with E-state index in [-0.39, 0.29) is 11.4 Å². The molecule has 0 unspecified atom stereocenters. The molecule has 0 aliphatic rings. The fourth-order valence-electron chi connectivity index (χ4n) is 4.23. The van der Waals surface area contributed by atoms with Gasteiger partial charge in [0.2, 0.25) is 6.41 Å². The summed E-state index contributed by atoms with van der Waals surface area (Å²) in [6, 6.07) is 5.54. The van der Waals surface area contributed by atoms with Gasteiger partial charge in [0.1, 0.15) is 11.4 Å². The van der Waals surface area contributed by atoms with Crippen molar-refractivity contribution in [3.05, 3.63) is 51.8 Å². The van der Waals surface area contributed by atoms with Gasteiger partial charge in [-0.15, -0.1) is 0 Å². The van der Waals surface area contributed by atoms with Crippen LogP contribution in [-0.4, -0.2) is 62.5 Å². The minimum absolute atomic E-state index is 0.201. The number of pyridine rings is 1. The SMILES string of the molecule is CCc1c(C(=O)O)[nH]c(-c2cccc(-c3[nH]c(C(=O)O)c(CC)c3CC)n2)c1CC.CN(C)C=O. The van der Waals surface area contributed by atoms with Crippen molar-refractivity contribution in [2.75, 3.05) is 14.1 Å². The number of carbonyl (C=O) groups excluding carboxylic acids is 1. The Balaban J connectivity index is 0.000000784. The summed E-state index contributed by atoms with van der Waals surface area (Å²) in [5.74, 6) is -1.97. The van der Waals surface area contributed by atoms with E-state index in [9.17, 15) is 24.6 Å². The van der Waals surface area contributed by atoms with Gasteiger partial charge in [-0.1, -0.05) is 33.8 Å². The number of nitrogens with zero attached hydrogens (tertiary/aromatic N) is 2. The van der Waals surface area contributed by atoms with E-state index >= 15 is 0 Å². The maximum atomic E-state index is 11.7. The molecule has 0 aliphatic heterocycles. The second kappa shape index (κ2) is 12.0. The maximum absolute atomic E-state index is 11.7. The lowest BCUT2D eigenvalue weighted by molar-refractivity contribution is -0.115. The van der Waals surface area contributed by atoms with Crippen LogP contribution in [-0.2, 0) is 30.5 Å². The monoisotopic (exact) mass is 482 g/mol. The zero-order valence-corrected chi connectivity index (χ0v) is 21.2. The molecule has 9 nitrogen and oxygen atoms in total. The van der Waals surface area contributed by atoms with Crippen LogP contribution in [0.4, 0.5) is 0 Å². The Morgan fingerprint density at radius 2 is 1.14 bits per heavy atom. The van der Waals surface area contributed by atoms with E-state index in [2.05, 4.69) is 9.97 Å². The highest BCUT2D eigenvalue weighted by Crippen LogP contribution is 2.32. The van der Waals surface area contributed by atoms with Gasteiger partial charge in [-0.25, -0.2) is 14.6 Å². The van der Waals surface area contributed by atoms with Gasteiger partial charge < -0.3 is 25.1 Å². The van der Waals surface area contributed by atoms with Gasteiger partial charge in [-0.05, 0) is 60.1 Å². The molecule has 0 radical (unpaired) electrons. The molecule has 0 aromatic carbocycles. The molecule has 0 saturated heterocycles. The first-order chi connectivity index (χ1) is 16.6. The van der Waals surface area contributed by atoms with Crippen molar-refractivity contribution in [1.82, 2.24) is 19.9 Å². The molecule has 0 aliphatic carbocycles. The molecule has 0 spiro atoms. The summed E-state index contributed by atoms with van der Waals surface area (Å²) < 4.78 is 0. The van der Waals surface area contributed by atoms with E-state index in [0.29, 0.717) is 48.5 Å². The molecule has 3 rings (SSSR count). The van der Waals surface area contributed by atoms with E-state index in [0.717, 1.165) is 28.7 Å². The Labute approximate surface area is 205 Å². The zero-order chi connectivity index (χ0) is 26.3. The molecule has 3 aromatic heterocycles. The molecule has 9 heteroatoms. The molecule has 35 heavy (non-hydrogen) atoms. The predicted molar refractivity (Wildman–Crippen MR) is 135 cm³/mol. The molecule has 4 N–H and O–H groups in total. The van der Waals surface area contributed by atoms with Gasteiger partial charge in [0.25, 0.3) is 0 Å². The number of amides is 1. The molecular weight excluding hydrogens is 448 g/mol. The Morgan fingerprint density at radius 1 is 0.800 bits per heavy atom. The normalized spacial score (nSPS) is 10.5. The van der Waals surface area contributed by atoms with E-state index in [1.807, 2.05) is 45.9 Å². The standard InChI is InChI=1S/C23H27N3O4.C3H7NO/c1-5-12-14(7-3)20(22(27)28)25-18(12)16-10-9-11-17(24-16)19-13(6-2)15(8-4)21(26-19)23(29)30;1-4(2)3-5/h9-11,25-26H,5-8H2,1-4H3,(H,27,28)(H,29,30);3H,1-2H3. The number of hydrogen-bond acceptors (Lipinski definition) is 4. The van der Waals surface area contributed by atoms with Crippen LogP contribution >= 0.6 is 0 Å². The molecule has 0 saturated carbocycles. The van der Waals surface area contributed by atoms with Crippen LogP contribution in [0.1, 0.15) is 70.9 Å². The largest absolute Gasteiger partial charge is 0.477 e. The average Bonchev–Trinajstić information content (AvgIpc) is 3.42. The third kappa shape index (κ3) is 5.79. The van der Waals surface area contributed by atoms with Gasteiger partial charge >= 0.3 is 11.9 Å². The van der Waals surface area contributed by atoms with Crippen LogP contribution in [0.25, 0.3) is 22.8 Å². The molecule has 1 amide bonds. The number of rotatable bonds is 9. The van der Waals surface area contributed by atoms with Crippen LogP contribution in [0.2, 0.25) is 0 Å². The number of H-pyrrole nitrogens is 2. The van der Waals surface area contributed by atoms with Crippen molar-refractivity contribution in [1.29, 1.82) is 0 Å². The fraction of sp³-hybridized carbons (Fsp3) is 0.385. The Hall–Kier alpha value is -3.88. The van der Waals surface area contributed by atoms with Crippen molar-refractivity contribution < 1.29 is 24.6 Å². The predicted octanol–water partition coefficient (Wildman–Crippen LogP) is 4.42. The minimum atomic E-state index is -0.986. The van der Waals surface area contributed by atoms with Gasteiger partial charge in [0.15, 0.2) is 0 Å². The zero-order valence-electron chi connectivity index (χ0n) is 21.2. The lowest BCUT2D eigenvalue weighted by atomic mass is 10.0. The highest BCUT2D eigenvalue weighted by atomic mass is 16.4. The fourth-order valence-corrected chi connectivity index (χ4v) is 4.23. The van der Waals surface area contributed by atoms with Crippen LogP contribution in [0.3, 0.4) is 0 Å². The molecule has 0 atom stereocenters. The number of aromatic carboxylic acids is 2. The van der Waals surface area contributed by atoms with Crippen LogP contribution in [0.15, 0.2) is 18.2 Å². The van der Waals surface area contributed by atoms with Gasteiger partial charge in [0, 0.05) is 14.1 Å². The van der Waals surface area contributed by atoms with Crippen molar-refractivity contribution in [2.24, 2.45) is 0 Å². The Bertz CT molecular complexity index is 1120. The van der Waals surface area contributed by atoms with Gasteiger partial charge in [0.05, 0.1) is 22.8 Å². The summed E-state index contributed by atoms with van der Waals surface area (Å²) in [7, 11) is 3.38. The number of hydrogen-bond donors (Lipinski definition) is 4. The summed E-state index contributed by atoms with van der Waals surface area (Å²) in [4.78, 5) is 45.1.